The average molecular weight is 409 g/mol. The summed E-state index contributed by atoms with van der Waals surface area (Å²) in [5, 5.41) is 0. The summed E-state index contributed by atoms with van der Waals surface area (Å²) in [6.45, 7) is 0.669. The minimum Gasteiger partial charge on any atom is -0.342 e. The molecule has 0 spiro atoms. The van der Waals surface area contributed by atoms with Crippen molar-refractivity contribution in [1.29, 1.82) is 0 Å². The highest BCUT2D eigenvalue weighted by molar-refractivity contribution is 5.83. The van der Waals surface area contributed by atoms with Crippen LogP contribution in [0.5, 0.6) is 0 Å². The fourth-order valence-corrected chi connectivity index (χ4v) is 3.16. The molecule has 0 bridgehead atoms. The largest absolute Gasteiger partial charge is 0.342 e. The number of hydrogen-bond donors (Lipinski definition) is 2. The molecule has 0 saturated carbocycles. The predicted molar refractivity (Wildman–Crippen MR) is 97.5 cm³/mol. The number of hydrazine groups is 1. The van der Waals surface area contributed by atoms with Crippen LogP contribution < -0.4 is 10.9 Å². The first-order valence-electron chi connectivity index (χ1n) is 9.06. The molecule has 1 unspecified atom stereocenters. The van der Waals surface area contributed by atoms with E-state index in [0.29, 0.717) is 24.9 Å². The third-order valence-electron chi connectivity index (χ3n) is 4.77. The summed E-state index contributed by atoms with van der Waals surface area (Å²) < 4.78 is 52.8. The van der Waals surface area contributed by atoms with Crippen molar-refractivity contribution in [3.05, 3.63) is 65.2 Å². The molecule has 29 heavy (non-hydrogen) atoms. The number of halogens is 4. The van der Waals surface area contributed by atoms with E-state index in [4.69, 9.17) is 0 Å². The average Bonchev–Trinajstić information content (AvgIpc) is 2.73. The van der Waals surface area contributed by atoms with Crippen molar-refractivity contribution in [3.63, 3.8) is 0 Å². The molecule has 9 heteroatoms. The van der Waals surface area contributed by atoms with E-state index in [1.807, 2.05) is 0 Å². The van der Waals surface area contributed by atoms with Crippen molar-refractivity contribution in [2.75, 3.05) is 18.5 Å². The van der Waals surface area contributed by atoms with Gasteiger partial charge in [0.25, 0.3) is 0 Å². The molecule has 2 aromatic carbocycles. The Morgan fingerprint density at radius 3 is 2.45 bits per heavy atom. The monoisotopic (exact) mass is 409 g/mol. The Balaban J connectivity index is 1.55. The fraction of sp³-hybridized carbons (Fsp3) is 0.300. The summed E-state index contributed by atoms with van der Waals surface area (Å²) in [5.41, 5.74) is 4.78. The minimum atomic E-state index is -1.64. The smallest absolute Gasteiger partial charge is 0.243 e. The van der Waals surface area contributed by atoms with E-state index < -0.39 is 35.0 Å². The van der Waals surface area contributed by atoms with Gasteiger partial charge in [-0.15, -0.1) is 0 Å². The van der Waals surface area contributed by atoms with Crippen molar-refractivity contribution in [1.82, 2.24) is 10.3 Å². The molecule has 1 atom stereocenters. The van der Waals surface area contributed by atoms with Gasteiger partial charge in [0.15, 0.2) is 17.5 Å². The fourth-order valence-electron chi connectivity index (χ4n) is 3.16. The lowest BCUT2D eigenvalue weighted by Gasteiger charge is -2.32. The molecular formula is C20H19F4N3O2. The van der Waals surface area contributed by atoms with Gasteiger partial charge < -0.3 is 4.90 Å². The van der Waals surface area contributed by atoms with Crippen molar-refractivity contribution in [3.8, 4) is 0 Å². The summed E-state index contributed by atoms with van der Waals surface area (Å²) in [7, 11) is 0. The van der Waals surface area contributed by atoms with E-state index in [9.17, 15) is 27.2 Å². The van der Waals surface area contributed by atoms with Crippen LogP contribution in [-0.4, -0.2) is 29.8 Å². The van der Waals surface area contributed by atoms with Crippen LogP contribution in [0.4, 0.5) is 23.2 Å². The van der Waals surface area contributed by atoms with Crippen LogP contribution in [0.2, 0.25) is 0 Å². The van der Waals surface area contributed by atoms with Gasteiger partial charge in [-0.05, 0) is 42.7 Å². The van der Waals surface area contributed by atoms with Gasteiger partial charge >= 0.3 is 0 Å². The van der Waals surface area contributed by atoms with Crippen LogP contribution >= 0.6 is 0 Å². The standard InChI is InChI=1S/C20H19F4N3O2/c21-14-5-3-12(4-6-14)10-17(28)27-9-1-2-13(11-27)20(29)26-25-16-8-7-15(22)18(23)19(16)24/h3-8,13,25H,1-2,9-11H2,(H,26,29). The van der Waals surface area contributed by atoms with Gasteiger partial charge in [-0.25, -0.2) is 17.6 Å². The lowest BCUT2D eigenvalue weighted by Crippen LogP contribution is -2.47. The van der Waals surface area contributed by atoms with Crippen molar-refractivity contribution >= 4 is 17.5 Å². The highest BCUT2D eigenvalue weighted by atomic mass is 19.2. The van der Waals surface area contributed by atoms with E-state index in [0.717, 1.165) is 12.1 Å². The third-order valence-corrected chi connectivity index (χ3v) is 4.77. The number of rotatable bonds is 5. The number of nitrogens with one attached hydrogen (secondary N) is 2. The molecule has 3 rings (SSSR count). The zero-order valence-electron chi connectivity index (χ0n) is 15.4. The molecule has 1 aliphatic rings. The number of carbonyl (C=O) groups is 2. The van der Waals surface area contributed by atoms with Gasteiger partial charge in [0.1, 0.15) is 5.82 Å². The van der Waals surface area contributed by atoms with Crippen LogP contribution in [0.1, 0.15) is 18.4 Å². The lowest BCUT2D eigenvalue weighted by molar-refractivity contribution is -0.135. The second-order valence-electron chi connectivity index (χ2n) is 6.82. The number of piperidine rings is 1. The molecule has 1 heterocycles. The van der Waals surface area contributed by atoms with Crippen LogP contribution in [0.15, 0.2) is 36.4 Å². The number of nitrogens with zero attached hydrogens (tertiary/aromatic N) is 1. The first-order chi connectivity index (χ1) is 13.8. The first kappa shape index (κ1) is 20.6. The zero-order chi connectivity index (χ0) is 21.0. The normalized spacial score (nSPS) is 16.4. The highest BCUT2D eigenvalue weighted by Crippen LogP contribution is 2.20. The van der Waals surface area contributed by atoms with E-state index in [1.165, 1.54) is 24.3 Å². The van der Waals surface area contributed by atoms with Crippen LogP contribution in [0.3, 0.4) is 0 Å². The number of likely N-dealkylation sites (tertiary alicyclic amines) is 1. The number of hydrogen-bond acceptors (Lipinski definition) is 3. The molecule has 2 aromatic rings. The molecule has 1 aliphatic heterocycles. The predicted octanol–water partition coefficient (Wildman–Crippen LogP) is 3.17. The molecule has 0 aliphatic carbocycles. The molecule has 2 N–H and O–H groups in total. The summed E-state index contributed by atoms with van der Waals surface area (Å²) in [4.78, 5) is 26.4. The quantitative estimate of drug-likeness (QED) is 0.453. The van der Waals surface area contributed by atoms with E-state index in [2.05, 4.69) is 10.9 Å². The molecule has 0 radical (unpaired) electrons. The van der Waals surface area contributed by atoms with Crippen molar-refractivity contribution in [2.45, 2.75) is 19.3 Å². The second-order valence-corrected chi connectivity index (χ2v) is 6.82. The van der Waals surface area contributed by atoms with E-state index in [1.54, 1.807) is 4.90 Å². The molecule has 2 amide bonds. The highest BCUT2D eigenvalue weighted by Gasteiger charge is 2.28. The Kier molecular flexibility index (Phi) is 6.36. The van der Waals surface area contributed by atoms with Gasteiger partial charge in [0.05, 0.1) is 18.0 Å². The van der Waals surface area contributed by atoms with Crippen LogP contribution in [0.25, 0.3) is 0 Å². The molecule has 5 nitrogen and oxygen atoms in total. The third kappa shape index (κ3) is 5.04. The molecular weight excluding hydrogens is 390 g/mol. The summed E-state index contributed by atoms with van der Waals surface area (Å²) in [6.07, 6.45) is 1.22. The Morgan fingerprint density at radius 1 is 1.00 bits per heavy atom. The molecule has 154 valence electrons. The topological polar surface area (TPSA) is 61.4 Å². The molecule has 1 fully saturated rings. The number of anilines is 1. The van der Waals surface area contributed by atoms with Gasteiger partial charge in [-0.2, -0.15) is 0 Å². The summed E-state index contributed by atoms with van der Waals surface area (Å²) >= 11 is 0. The first-order valence-corrected chi connectivity index (χ1v) is 9.06. The number of carbonyl (C=O) groups excluding carboxylic acids is 2. The Labute approximate surface area is 164 Å². The van der Waals surface area contributed by atoms with E-state index >= 15 is 0 Å². The van der Waals surface area contributed by atoms with E-state index in [-0.39, 0.29) is 24.7 Å². The summed E-state index contributed by atoms with van der Waals surface area (Å²) in [5.74, 6) is -6.02. The molecule has 1 saturated heterocycles. The Morgan fingerprint density at radius 2 is 1.72 bits per heavy atom. The lowest BCUT2D eigenvalue weighted by atomic mass is 9.96. The maximum Gasteiger partial charge on any atom is 0.243 e. The van der Waals surface area contributed by atoms with Gasteiger partial charge in [0.2, 0.25) is 11.8 Å². The van der Waals surface area contributed by atoms with Crippen LogP contribution in [0, 0.1) is 29.2 Å². The maximum absolute atomic E-state index is 13.6. The van der Waals surface area contributed by atoms with Gasteiger partial charge in [0, 0.05) is 13.1 Å². The summed E-state index contributed by atoms with van der Waals surface area (Å²) in [6, 6.07) is 7.32. The van der Waals surface area contributed by atoms with Crippen molar-refractivity contribution < 1.29 is 27.2 Å². The van der Waals surface area contributed by atoms with Gasteiger partial charge in [-0.1, -0.05) is 12.1 Å². The zero-order valence-corrected chi connectivity index (χ0v) is 15.4. The Bertz CT molecular complexity index is 905. The number of amides is 2. The van der Waals surface area contributed by atoms with Crippen LogP contribution in [-0.2, 0) is 16.0 Å². The Hall–Kier alpha value is -3.10. The van der Waals surface area contributed by atoms with Gasteiger partial charge in [-0.3, -0.25) is 20.4 Å². The second kappa shape index (κ2) is 8.93. The number of benzene rings is 2. The molecule has 0 aromatic heterocycles. The SMILES string of the molecule is O=C(NNc1ccc(F)c(F)c1F)C1CCCN(C(=O)Cc2ccc(F)cc2)C1. The minimum absolute atomic E-state index is 0.0902. The maximum atomic E-state index is 13.6. The van der Waals surface area contributed by atoms with Crippen molar-refractivity contribution in [2.24, 2.45) is 5.92 Å².